The third-order valence-electron chi connectivity index (χ3n) is 2.74. The standard InChI is InChI=1S/C14H13BrFNO/c1-9-5-6-11(16)7-13(9)17-8-10-3-2-4-12(15)14(10)18/h2-7,17-18H,8H2,1H3. The summed E-state index contributed by atoms with van der Waals surface area (Å²) in [5.74, 6) is -0.0689. The lowest BCUT2D eigenvalue weighted by atomic mass is 10.1. The highest BCUT2D eigenvalue weighted by Gasteiger charge is 2.05. The summed E-state index contributed by atoms with van der Waals surface area (Å²) in [6, 6.07) is 10.0. The number of para-hydroxylation sites is 1. The predicted molar refractivity (Wildman–Crippen MR) is 74.3 cm³/mol. The third kappa shape index (κ3) is 2.82. The van der Waals surface area contributed by atoms with Crippen LogP contribution in [-0.2, 0) is 6.54 Å². The molecule has 0 atom stereocenters. The summed E-state index contributed by atoms with van der Waals surface area (Å²) < 4.78 is 13.8. The summed E-state index contributed by atoms with van der Waals surface area (Å²) in [6.45, 7) is 2.35. The second-order valence-electron chi connectivity index (χ2n) is 4.06. The Kier molecular flexibility index (Phi) is 3.87. The Bertz CT molecular complexity index is 570. The molecule has 0 heterocycles. The fraction of sp³-hybridized carbons (Fsp3) is 0.143. The Labute approximate surface area is 114 Å². The average molecular weight is 310 g/mol. The molecule has 0 aliphatic rings. The van der Waals surface area contributed by atoms with Crippen molar-refractivity contribution in [3.8, 4) is 5.75 Å². The van der Waals surface area contributed by atoms with Crippen LogP contribution in [0.5, 0.6) is 5.75 Å². The molecule has 2 aromatic rings. The molecule has 0 aliphatic heterocycles. The molecule has 94 valence electrons. The van der Waals surface area contributed by atoms with E-state index in [0.29, 0.717) is 11.0 Å². The van der Waals surface area contributed by atoms with Gasteiger partial charge in [-0.3, -0.25) is 0 Å². The van der Waals surface area contributed by atoms with Crippen molar-refractivity contribution in [2.75, 3.05) is 5.32 Å². The normalized spacial score (nSPS) is 10.4. The van der Waals surface area contributed by atoms with Gasteiger partial charge >= 0.3 is 0 Å². The number of aryl methyl sites for hydroxylation is 1. The molecule has 0 unspecified atom stereocenters. The minimum Gasteiger partial charge on any atom is -0.506 e. The highest BCUT2D eigenvalue weighted by molar-refractivity contribution is 9.10. The summed E-state index contributed by atoms with van der Waals surface area (Å²) in [5, 5.41) is 13.0. The van der Waals surface area contributed by atoms with Gasteiger partial charge in [0.25, 0.3) is 0 Å². The molecule has 0 spiro atoms. The summed E-state index contributed by atoms with van der Waals surface area (Å²) >= 11 is 3.26. The fourth-order valence-corrected chi connectivity index (χ4v) is 2.09. The molecular weight excluding hydrogens is 297 g/mol. The molecule has 0 saturated heterocycles. The van der Waals surface area contributed by atoms with E-state index >= 15 is 0 Å². The van der Waals surface area contributed by atoms with E-state index in [-0.39, 0.29) is 11.6 Å². The number of nitrogens with one attached hydrogen (secondary N) is 1. The largest absolute Gasteiger partial charge is 0.506 e. The van der Waals surface area contributed by atoms with Crippen LogP contribution in [0.15, 0.2) is 40.9 Å². The first-order valence-corrected chi connectivity index (χ1v) is 6.33. The van der Waals surface area contributed by atoms with E-state index in [1.54, 1.807) is 12.1 Å². The minimum atomic E-state index is -0.276. The summed E-state index contributed by atoms with van der Waals surface area (Å²) in [7, 11) is 0. The van der Waals surface area contributed by atoms with E-state index in [2.05, 4.69) is 21.2 Å². The summed E-state index contributed by atoms with van der Waals surface area (Å²) in [6.07, 6.45) is 0. The number of rotatable bonds is 3. The smallest absolute Gasteiger partial charge is 0.134 e. The van der Waals surface area contributed by atoms with Crippen molar-refractivity contribution in [1.29, 1.82) is 0 Å². The van der Waals surface area contributed by atoms with Crippen LogP contribution in [0.25, 0.3) is 0 Å². The molecule has 2 nitrogen and oxygen atoms in total. The van der Waals surface area contributed by atoms with Crippen LogP contribution in [0.4, 0.5) is 10.1 Å². The molecule has 0 saturated carbocycles. The van der Waals surface area contributed by atoms with Gasteiger partial charge in [0, 0.05) is 17.8 Å². The third-order valence-corrected chi connectivity index (χ3v) is 3.38. The molecule has 0 fully saturated rings. The SMILES string of the molecule is Cc1ccc(F)cc1NCc1cccc(Br)c1O. The van der Waals surface area contributed by atoms with Crippen molar-refractivity contribution in [3.05, 3.63) is 57.8 Å². The fourth-order valence-electron chi connectivity index (χ4n) is 1.68. The first-order chi connectivity index (χ1) is 8.58. The topological polar surface area (TPSA) is 32.3 Å². The van der Waals surface area contributed by atoms with Crippen LogP contribution >= 0.6 is 15.9 Å². The van der Waals surface area contributed by atoms with E-state index in [9.17, 15) is 9.50 Å². The number of aromatic hydroxyl groups is 1. The molecule has 2 N–H and O–H groups in total. The maximum Gasteiger partial charge on any atom is 0.134 e. The van der Waals surface area contributed by atoms with Crippen LogP contribution in [0.2, 0.25) is 0 Å². The number of benzene rings is 2. The number of hydrogen-bond donors (Lipinski definition) is 2. The molecule has 0 radical (unpaired) electrons. The van der Waals surface area contributed by atoms with Crippen molar-refractivity contribution >= 4 is 21.6 Å². The Hall–Kier alpha value is -1.55. The van der Waals surface area contributed by atoms with Crippen LogP contribution in [0.1, 0.15) is 11.1 Å². The Balaban J connectivity index is 2.16. The van der Waals surface area contributed by atoms with Crippen molar-refractivity contribution < 1.29 is 9.50 Å². The number of halogens is 2. The van der Waals surface area contributed by atoms with Gasteiger partial charge in [-0.1, -0.05) is 18.2 Å². The lowest BCUT2D eigenvalue weighted by molar-refractivity contribution is 0.465. The van der Waals surface area contributed by atoms with Gasteiger partial charge in [-0.2, -0.15) is 0 Å². The maximum atomic E-state index is 13.1. The lowest BCUT2D eigenvalue weighted by Crippen LogP contribution is -2.01. The molecule has 2 aromatic carbocycles. The zero-order valence-electron chi connectivity index (χ0n) is 9.87. The Morgan fingerprint density at radius 3 is 2.83 bits per heavy atom. The summed E-state index contributed by atoms with van der Waals surface area (Å²) in [4.78, 5) is 0. The first-order valence-electron chi connectivity index (χ1n) is 5.54. The van der Waals surface area contributed by atoms with Gasteiger partial charge in [0.15, 0.2) is 0 Å². The zero-order valence-corrected chi connectivity index (χ0v) is 11.5. The van der Waals surface area contributed by atoms with E-state index < -0.39 is 0 Å². The Morgan fingerprint density at radius 2 is 2.06 bits per heavy atom. The van der Waals surface area contributed by atoms with E-state index in [4.69, 9.17) is 0 Å². The van der Waals surface area contributed by atoms with Gasteiger partial charge < -0.3 is 10.4 Å². The zero-order chi connectivity index (χ0) is 13.1. The lowest BCUT2D eigenvalue weighted by Gasteiger charge is -2.11. The van der Waals surface area contributed by atoms with Gasteiger partial charge in [0.1, 0.15) is 11.6 Å². The second-order valence-corrected chi connectivity index (χ2v) is 4.91. The molecule has 0 aliphatic carbocycles. The predicted octanol–water partition coefficient (Wildman–Crippen LogP) is 4.21. The second kappa shape index (κ2) is 5.40. The molecule has 0 amide bonds. The molecule has 0 aromatic heterocycles. The number of anilines is 1. The van der Waals surface area contributed by atoms with Gasteiger partial charge in [-0.25, -0.2) is 4.39 Å². The molecule has 18 heavy (non-hydrogen) atoms. The number of phenolic OH excluding ortho intramolecular Hbond substituents is 1. The average Bonchev–Trinajstić information content (AvgIpc) is 2.35. The molecular formula is C14H13BrFNO. The molecule has 4 heteroatoms. The van der Waals surface area contributed by atoms with Crippen molar-refractivity contribution in [3.63, 3.8) is 0 Å². The quantitative estimate of drug-likeness (QED) is 0.890. The van der Waals surface area contributed by atoms with E-state index in [1.165, 1.54) is 12.1 Å². The molecule has 0 bridgehead atoms. The van der Waals surface area contributed by atoms with Gasteiger partial charge in [-0.05, 0) is 46.6 Å². The van der Waals surface area contributed by atoms with Gasteiger partial charge in [-0.15, -0.1) is 0 Å². The van der Waals surface area contributed by atoms with Crippen LogP contribution < -0.4 is 5.32 Å². The first kappa shape index (κ1) is 12.9. The maximum absolute atomic E-state index is 13.1. The minimum absolute atomic E-state index is 0.207. The van der Waals surface area contributed by atoms with Crippen molar-refractivity contribution in [1.82, 2.24) is 0 Å². The highest BCUT2D eigenvalue weighted by atomic mass is 79.9. The van der Waals surface area contributed by atoms with Crippen molar-refractivity contribution in [2.45, 2.75) is 13.5 Å². The van der Waals surface area contributed by atoms with Gasteiger partial charge in [0.05, 0.1) is 4.47 Å². The number of hydrogen-bond acceptors (Lipinski definition) is 2. The number of phenols is 1. The van der Waals surface area contributed by atoms with E-state index in [0.717, 1.165) is 16.8 Å². The van der Waals surface area contributed by atoms with E-state index in [1.807, 2.05) is 19.1 Å². The van der Waals surface area contributed by atoms with Crippen molar-refractivity contribution in [2.24, 2.45) is 0 Å². The van der Waals surface area contributed by atoms with Crippen LogP contribution in [0, 0.1) is 12.7 Å². The summed E-state index contributed by atoms with van der Waals surface area (Å²) in [5.41, 5.74) is 2.45. The van der Waals surface area contributed by atoms with Gasteiger partial charge in [0.2, 0.25) is 0 Å². The molecule has 2 rings (SSSR count). The monoisotopic (exact) mass is 309 g/mol. The highest BCUT2D eigenvalue weighted by Crippen LogP contribution is 2.28. The van der Waals surface area contributed by atoms with Crippen LogP contribution in [0.3, 0.4) is 0 Å². The van der Waals surface area contributed by atoms with Crippen LogP contribution in [-0.4, -0.2) is 5.11 Å². The Morgan fingerprint density at radius 1 is 1.28 bits per heavy atom.